The Hall–Kier alpha value is -2.11. The number of rotatable bonds is 5. The standard InChI is InChI=1S/C11H14N2O4/c1-16-9(14)5-7-12-10(15)8-4-3-6-13-11(8)17-2/h3-4,6H,5,7H2,1-2H3,(H,12,15). The molecule has 0 bridgehead atoms. The Morgan fingerprint density at radius 3 is 2.82 bits per heavy atom. The SMILES string of the molecule is COC(=O)CCNC(=O)c1cccnc1OC. The van der Waals surface area contributed by atoms with Crippen LogP contribution in [0.2, 0.25) is 0 Å². The Bertz CT molecular complexity index is 406. The number of esters is 1. The molecule has 0 aliphatic carbocycles. The molecule has 0 saturated carbocycles. The summed E-state index contributed by atoms with van der Waals surface area (Å²) < 4.78 is 9.41. The van der Waals surface area contributed by atoms with E-state index in [0.717, 1.165) is 0 Å². The Labute approximate surface area is 98.9 Å². The molecule has 1 amide bonds. The number of amides is 1. The maximum absolute atomic E-state index is 11.7. The number of methoxy groups -OCH3 is 2. The van der Waals surface area contributed by atoms with Gasteiger partial charge in [-0.05, 0) is 12.1 Å². The van der Waals surface area contributed by atoms with Crippen LogP contribution in [0.3, 0.4) is 0 Å². The molecule has 0 aliphatic rings. The number of hydrogen-bond donors (Lipinski definition) is 1. The molecule has 0 spiro atoms. The minimum atomic E-state index is -0.372. The summed E-state index contributed by atoms with van der Waals surface area (Å²) in [6, 6.07) is 3.23. The van der Waals surface area contributed by atoms with Crippen molar-refractivity contribution in [3.63, 3.8) is 0 Å². The second kappa shape index (κ2) is 6.47. The van der Waals surface area contributed by atoms with Gasteiger partial charge in [-0.15, -0.1) is 0 Å². The smallest absolute Gasteiger partial charge is 0.307 e. The molecular weight excluding hydrogens is 224 g/mol. The Morgan fingerprint density at radius 2 is 2.18 bits per heavy atom. The van der Waals surface area contributed by atoms with E-state index in [-0.39, 0.29) is 30.7 Å². The molecular formula is C11H14N2O4. The van der Waals surface area contributed by atoms with Gasteiger partial charge in [-0.2, -0.15) is 0 Å². The molecule has 0 unspecified atom stereocenters. The monoisotopic (exact) mass is 238 g/mol. The maximum Gasteiger partial charge on any atom is 0.307 e. The molecule has 0 saturated heterocycles. The van der Waals surface area contributed by atoms with Gasteiger partial charge in [0.2, 0.25) is 5.88 Å². The molecule has 6 heteroatoms. The zero-order valence-electron chi connectivity index (χ0n) is 9.73. The molecule has 1 aromatic rings. The fourth-order valence-electron chi connectivity index (χ4n) is 1.20. The zero-order valence-corrected chi connectivity index (χ0v) is 9.73. The first-order chi connectivity index (χ1) is 8.19. The quantitative estimate of drug-likeness (QED) is 0.750. The van der Waals surface area contributed by atoms with Crippen molar-refractivity contribution in [1.82, 2.24) is 10.3 Å². The Morgan fingerprint density at radius 1 is 1.41 bits per heavy atom. The summed E-state index contributed by atoms with van der Waals surface area (Å²) in [5, 5.41) is 2.58. The predicted octanol–water partition coefficient (Wildman–Crippen LogP) is 0.383. The highest BCUT2D eigenvalue weighted by atomic mass is 16.5. The highest BCUT2D eigenvalue weighted by Gasteiger charge is 2.12. The van der Waals surface area contributed by atoms with Gasteiger partial charge in [-0.25, -0.2) is 4.98 Å². The lowest BCUT2D eigenvalue weighted by Gasteiger charge is -2.07. The van der Waals surface area contributed by atoms with Crippen LogP contribution in [-0.2, 0) is 9.53 Å². The van der Waals surface area contributed by atoms with Crippen molar-refractivity contribution in [1.29, 1.82) is 0 Å². The summed E-state index contributed by atoms with van der Waals surface area (Å²) in [4.78, 5) is 26.5. The van der Waals surface area contributed by atoms with Gasteiger partial charge in [-0.3, -0.25) is 9.59 Å². The lowest BCUT2D eigenvalue weighted by Crippen LogP contribution is -2.26. The van der Waals surface area contributed by atoms with Crippen LogP contribution in [0, 0.1) is 0 Å². The van der Waals surface area contributed by atoms with Gasteiger partial charge in [0.1, 0.15) is 5.56 Å². The topological polar surface area (TPSA) is 77.5 Å². The lowest BCUT2D eigenvalue weighted by atomic mass is 10.2. The van der Waals surface area contributed by atoms with Crippen LogP contribution >= 0.6 is 0 Å². The molecule has 0 aliphatic heterocycles. The second-order valence-corrected chi connectivity index (χ2v) is 3.14. The third-order valence-electron chi connectivity index (χ3n) is 2.05. The van der Waals surface area contributed by atoms with E-state index in [1.54, 1.807) is 12.1 Å². The van der Waals surface area contributed by atoms with E-state index >= 15 is 0 Å². The van der Waals surface area contributed by atoms with Crippen LogP contribution in [-0.4, -0.2) is 37.6 Å². The summed E-state index contributed by atoms with van der Waals surface area (Å²) in [6.45, 7) is 0.212. The van der Waals surface area contributed by atoms with E-state index in [4.69, 9.17) is 4.74 Å². The number of nitrogens with one attached hydrogen (secondary N) is 1. The number of nitrogens with zero attached hydrogens (tertiary/aromatic N) is 1. The average molecular weight is 238 g/mol. The maximum atomic E-state index is 11.7. The molecule has 0 atom stereocenters. The number of aromatic nitrogens is 1. The number of carbonyl (C=O) groups excluding carboxylic acids is 2. The molecule has 6 nitrogen and oxygen atoms in total. The highest BCUT2D eigenvalue weighted by molar-refractivity contribution is 5.96. The minimum absolute atomic E-state index is 0.130. The van der Waals surface area contributed by atoms with Gasteiger partial charge < -0.3 is 14.8 Å². The summed E-state index contributed by atoms with van der Waals surface area (Å²) >= 11 is 0. The normalized spacial score (nSPS) is 9.53. The molecule has 1 N–H and O–H groups in total. The Balaban J connectivity index is 2.55. The van der Waals surface area contributed by atoms with Crippen LogP contribution in [0.5, 0.6) is 5.88 Å². The lowest BCUT2D eigenvalue weighted by molar-refractivity contribution is -0.140. The van der Waals surface area contributed by atoms with Crippen LogP contribution < -0.4 is 10.1 Å². The van der Waals surface area contributed by atoms with Gasteiger partial charge in [0, 0.05) is 12.7 Å². The first-order valence-electron chi connectivity index (χ1n) is 5.03. The van der Waals surface area contributed by atoms with Gasteiger partial charge in [-0.1, -0.05) is 0 Å². The average Bonchev–Trinajstić information content (AvgIpc) is 2.38. The van der Waals surface area contributed by atoms with Crippen LogP contribution in [0.4, 0.5) is 0 Å². The molecule has 0 radical (unpaired) electrons. The largest absolute Gasteiger partial charge is 0.480 e. The fraction of sp³-hybridized carbons (Fsp3) is 0.364. The van der Waals surface area contributed by atoms with Crippen LogP contribution in [0.15, 0.2) is 18.3 Å². The van der Waals surface area contributed by atoms with Crippen molar-refractivity contribution in [2.45, 2.75) is 6.42 Å². The predicted molar refractivity (Wildman–Crippen MR) is 59.8 cm³/mol. The zero-order chi connectivity index (χ0) is 12.7. The first kappa shape index (κ1) is 13.0. The van der Waals surface area contributed by atoms with Crippen molar-refractivity contribution >= 4 is 11.9 Å². The minimum Gasteiger partial charge on any atom is -0.480 e. The Kier molecular flexibility index (Phi) is 4.93. The highest BCUT2D eigenvalue weighted by Crippen LogP contribution is 2.12. The molecule has 17 heavy (non-hydrogen) atoms. The van der Waals surface area contributed by atoms with Crippen molar-refractivity contribution in [3.8, 4) is 5.88 Å². The van der Waals surface area contributed by atoms with Gasteiger partial charge in [0.15, 0.2) is 0 Å². The van der Waals surface area contributed by atoms with E-state index in [1.165, 1.54) is 20.4 Å². The summed E-state index contributed by atoms with van der Waals surface area (Å²) in [6.07, 6.45) is 1.66. The summed E-state index contributed by atoms with van der Waals surface area (Å²) in [7, 11) is 2.74. The third kappa shape index (κ3) is 3.75. The number of ether oxygens (including phenoxy) is 2. The van der Waals surface area contributed by atoms with Gasteiger partial charge in [0.25, 0.3) is 5.91 Å². The molecule has 1 heterocycles. The fourth-order valence-corrected chi connectivity index (χ4v) is 1.20. The van der Waals surface area contributed by atoms with E-state index in [2.05, 4.69) is 15.0 Å². The van der Waals surface area contributed by atoms with Gasteiger partial charge in [0.05, 0.1) is 20.6 Å². The van der Waals surface area contributed by atoms with Crippen molar-refractivity contribution < 1.29 is 19.1 Å². The molecule has 92 valence electrons. The number of carbonyl (C=O) groups is 2. The first-order valence-corrected chi connectivity index (χ1v) is 5.03. The van der Waals surface area contributed by atoms with Gasteiger partial charge >= 0.3 is 5.97 Å². The molecule has 1 aromatic heterocycles. The molecule has 1 rings (SSSR count). The van der Waals surface area contributed by atoms with Crippen LogP contribution in [0.1, 0.15) is 16.8 Å². The number of pyridine rings is 1. The van der Waals surface area contributed by atoms with E-state index < -0.39 is 0 Å². The van der Waals surface area contributed by atoms with Crippen molar-refractivity contribution in [2.24, 2.45) is 0 Å². The second-order valence-electron chi connectivity index (χ2n) is 3.14. The third-order valence-corrected chi connectivity index (χ3v) is 2.05. The summed E-state index contributed by atoms with van der Waals surface area (Å²) in [5.74, 6) is -0.453. The number of hydrogen-bond acceptors (Lipinski definition) is 5. The summed E-state index contributed by atoms with van der Waals surface area (Å²) in [5.41, 5.74) is 0.333. The molecule has 0 fully saturated rings. The van der Waals surface area contributed by atoms with E-state index in [1.807, 2.05) is 0 Å². The molecule has 0 aromatic carbocycles. The van der Waals surface area contributed by atoms with E-state index in [0.29, 0.717) is 5.56 Å². The van der Waals surface area contributed by atoms with Crippen molar-refractivity contribution in [2.75, 3.05) is 20.8 Å². The van der Waals surface area contributed by atoms with Crippen molar-refractivity contribution in [3.05, 3.63) is 23.9 Å². The van der Waals surface area contributed by atoms with E-state index in [9.17, 15) is 9.59 Å². The van der Waals surface area contributed by atoms with Crippen LogP contribution in [0.25, 0.3) is 0 Å².